The van der Waals surface area contributed by atoms with E-state index in [-0.39, 0.29) is 24.2 Å². The summed E-state index contributed by atoms with van der Waals surface area (Å²) in [6, 6.07) is 8.09. The number of carbonyl (C=O) groups excluding carboxylic acids is 1. The van der Waals surface area contributed by atoms with Crippen LogP contribution >= 0.6 is 0 Å². The Kier molecular flexibility index (Phi) is 5.96. The fourth-order valence-corrected chi connectivity index (χ4v) is 2.74. The Hall–Kier alpha value is -2.63. The molecule has 0 radical (unpaired) electrons. The zero-order valence-corrected chi connectivity index (χ0v) is 14.9. The number of allylic oxidation sites excluding steroid dienone is 1. The van der Waals surface area contributed by atoms with Crippen molar-refractivity contribution in [3.05, 3.63) is 59.5 Å². The molecule has 0 aromatic heterocycles. The largest absolute Gasteiger partial charge is 0.467 e. The van der Waals surface area contributed by atoms with E-state index in [9.17, 15) is 9.18 Å². The first kappa shape index (κ1) is 18.7. The minimum atomic E-state index is -0.670. The van der Waals surface area contributed by atoms with Gasteiger partial charge in [-0.15, -0.1) is 0 Å². The lowest BCUT2D eigenvalue weighted by atomic mass is 9.84. The quantitative estimate of drug-likeness (QED) is 0.796. The maximum atomic E-state index is 13.6. The van der Waals surface area contributed by atoms with Gasteiger partial charge in [0, 0.05) is 0 Å². The number of halogens is 1. The zero-order valence-electron chi connectivity index (χ0n) is 14.9. The molecular formula is C19H24FN3O2. The number of aliphatic imine (C=N–C) groups is 1. The number of hydrogen-bond donors (Lipinski definition) is 2. The smallest absolute Gasteiger partial charge is 0.258 e. The Bertz CT molecular complexity index is 704. The van der Waals surface area contributed by atoms with Gasteiger partial charge in [0.25, 0.3) is 5.91 Å². The van der Waals surface area contributed by atoms with Crippen LogP contribution in [-0.2, 0) is 15.1 Å². The van der Waals surface area contributed by atoms with Crippen molar-refractivity contribution in [1.29, 1.82) is 0 Å². The van der Waals surface area contributed by atoms with Gasteiger partial charge in [0.1, 0.15) is 5.82 Å². The summed E-state index contributed by atoms with van der Waals surface area (Å²) >= 11 is 0. The van der Waals surface area contributed by atoms with E-state index in [0.29, 0.717) is 0 Å². The van der Waals surface area contributed by atoms with Crippen molar-refractivity contribution in [1.82, 2.24) is 10.6 Å². The molecule has 1 aromatic rings. The summed E-state index contributed by atoms with van der Waals surface area (Å²) in [5.41, 5.74) is 1.72. The van der Waals surface area contributed by atoms with Crippen molar-refractivity contribution < 1.29 is 13.9 Å². The first-order valence-electron chi connectivity index (χ1n) is 8.31. The normalized spacial score (nSPS) is 14.3. The molecule has 0 aliphatic carbocycles. The number of nitrogens with one attached hydrogen (secondary N) is 2. The molecule has 2 N–H and O–H groups in total. The molecule has 134 valence electrons. The van der Waals surface area contributed by atoms with E-state index in [1.807, 2.05) is 45.0 Å². The molecule has 0 saturated carbocycles. The standard InChI is InChI=1S/C19H24FN3O2/c1-5-19(6-2,15-9-7-13(3)8-10-15)23-17(24)12-25-18-16(20)11-21-14(4)22-18/h7-11,22H,4-6,12H2,1-3H3,(H,23,24). The maximum Gasteiger partial charge on any atom is 0.258 e. The van der Waals surface area contributed by atoms with Gasteiger partial charge in [-0.25, -0.2) is 4.99 Å². The second-order valence-electron chi connectivity index (χ2n) is 6.00. The lowest BCUT2D eigenvalue weighted by Crippen LogP contribution is -2.46. The lowest BCUT2D eigenvalue weighted by Gasteiger charge is -2.33. The minimum Gasteiger partial charge on any atom is -0.467 e. The molecule has 2 rings (SSSR count). The number of amides is 1. The molecular weight excluding hydrogens is 321 g/mol. The number of ether oxygens (including phenoxy) is 1. The highest BCUT2D eigenvalue weighted by Gasteiger charge is 2.30. The Balaban J connectivity index is 2.06. The average molecular weight is 345 g/mol. The van der Waals surface area contributed by atoms with Gasteiger partial charge in [-0.05, 0) is 25.3 Å². The van der Waals surface area contributed by atoms with Crippen LogP contribution in [0.4, 0.5) is 4.39 Å². The molecule has 0 atom stereocenters. The van der Waals surface area contributed by atoms with Gasteiger partial charge in [-0.3, -0.25) is 4.79 Å². The first-order chi connectivity index (χ1) is 11.9. The van der Waals surface area contributed by atoms with Crippen molar-refractivity contribution in [2.45, 2.75) is 39.2 Å². The molecule has 0 unspecified atom stereocenters. The van der Waals surface area contributed by atoms with Crippen LogP contribution in [0.25, 0.3) is 0 Å². The van der Waals surface area contributed by atoms with E-state index in [1.54, 1.807) is 0 Å². The van der Waals surface area contributed by atoms with Gasteiger partial charge in [0.15, 0.2) is 6.61 Å². The Morgan fingerprint density at radius 1 is 1.32 bits per heavy atom. The summed E-state index contributed by atoms with van der Waals surface area (Å²) in [4.78, 5) is 16.1. The van der Waals surface area contributed by atoms with Crippen molar-refractivity contribution in [3.8, 4) is 0 Å². The highest BCUT2D eigenvalue weighted by Crippen LogP contribution is 2.29. The van der Waals surface area contributed by atoms with Crippen LogP contribution in [0.2, 0.25) is 0 Å². The third-order valence-corrected chi connectivity index (χ3v) is 4.35. The molecule has 0 spiro atoms. The molecule has 1 aliphatic rings. The second-order valence-corrected chi connectivity index (χ2v) is 6.00. The van der Waals surface area contributed by atoms with E-state index in [0.717, 1.165) is 30.2 Å². The molecule has 0 fully saturated rings. The molecule has 1 aliphatic heterocycles. The second kappa shape index (κ2) is 7.96. The lowest BCUT2D eigenvalue weighted by molar-refractivity contribution is -0.127. The monoisotopic (exact) mass is 345 g/mol. The molecule has 0 saturated heterocycles. The summed E-state index contributed by atoms with van der Waals surface area (Å²) in [7, 11) is 0. The number of hydrogen-bond acceptors (Lipinski definition) is 4. The van der Waals surface area contributed by atoms with E-state index in [4.69, 9.17) is 4.74 Å². The third-order valence-electron chi connectivity index (χ3n) is 4.35. The number of benzene rings is 1. The summed E-state index contributed by atoms with van der Waals surface area (Å²) in [5, 5.41) is 5.60. The van der Waals surface area contributed by atoms with Gasteiger partial charge in [-0.2, -0.15) is 4.39 Å². The first-order valence-corrected chi connectivity index (χ1v) is 8.31. The van der Waals surface area contributed by atoms with Crippen LogP contribution in [0.15, 0.2) is 53.4 Å². The molecule has 1 amide bonds. The van der Waals surface area contributed by atoms with E-state index in [2.05, 4.69) is 22.2 Å². The van der Waals surface area contributed by atoms with Gasteiger partial charge in [0.2, 0.25) is 11.7 Å². The van der Waals surface area contributed by atoms with Gasteiger partial charge in [0.05, 0.1) is 11.8 Å². The average Bonchev–Trinajstić information content (AvgIpc) is 2.61. The Morgan fingerprint density at radius 2 is 1.96 bits per heavy atom. The minimum absolute atomic E-state index is 0.149. The van der Waals surface area contributed by atoms with Crippen LogP contribution in [0.5, 0.6) is 0 Å². The summed E-state index contributed by atoms with van der Waals surface area (Å²) in [6.45, 7) is 9.33. The topological polar surface area (TPSA) is 62.7 Å². The number of carbonyl (C=O) groups is 1. The predicted molar refractivity (Wildman–Crippen MR) is 96.4 cm³/mol. The molecule has 5 nitrogen and oxygen atoms in total. The Labute approximate surface area is 147 Å². The summed E-state index contributed by atoms with van der Waals surface area (Å²) in [6.07, 6.45) is 2.47. The van der Waals surface area contributed by atoms with Gasteiger partial charge in [-0.1, -0.05) is 50.3 Å². The maximum absolute atomic E-state index is 13.6. The molecule has 6 heteroatoms. The fourth-order valence-electron chi connectivity index (χ4n) is 2.74. The molecule has 1 aromatic carbocycles. The molecule has 25 heavy (non-hydrogen) atoms. The van der Waals surface area contributed by atoms with Crippen molar-refractivity contribution in [3.63, 3.8) is 0 Å². The summed E-state index contributed by atoms with van der Waals surface area (Å²) in [5.74, 6) is -0.882. The van der Waals surface area contributed by atoms with Crippen LogP contribution < -0.4 is 10.6 Å². The number of aryl methyl sites for hydroxylation is 1. The van der Waals surface area contributed by atoms with E-state index in [1.165, 1.54) is 0 Å². The van der Waals surface area contributed by atoms with Crippen LogP contribution in [0, 0.1) is 6.92 Å². The molecule has 1 heterocycles. The van der Waals surface area contributed by atoms with Crippen molar-refractivity contribution in [2.24, 2.45) is 4.99 Å². The highest BCUT2D eigenvalue weighted by molar-refractivity contribution is 5.80. The van der Waals surface area contributed by atoms with Crippen LogP contribution in [0.3, 0.4) is 0 Å². The van der Waals surface area contributed by atoms with Crippen molar-refractivity contribution in [2.75, 3.05) is 6.61 Å². The van der Waals surface area contributed by atoms with Gasteiger partial charge >= 0.3 is 0 Å². The highest BCUT2D eigenvalue weighted by atomic mass is 19.1. The fraction of sp³-hybridized carbons (Fsp3) is 0.368. The van der Waals surface area contributed by atoms with Crippen molar-refractivity contribution >= 4 is 12.1 Å². The Morgan fingerprint density at radius 3 is 2.56 bits per heavy atom. The number of rotatable bonds is 7. The molecule has 0 bridgehead atoms. The van der Waals surface area contributed by atoms with Crippen LogP contribution in [-0.4, -0.2) is 18.7 Å². The number of nitrogens with zero attached hydrogens (tertiary/aromatic N) is 1. The third kappa shape index (κ3) is 4.47. The van der Waals surface area contributed by atoms with E-state index < -0.39 is 11.4 Å². The SMILES string of the molecule is C=C1N=CC(F)=C(OCC(=O)NC(CC)(CC)c2ccc(C)cc2)N1. The van der Waals surface area contributed by atoms with Crippen LogP contribution in [0.1, 0.15) is 37.8 Å². The van der Waals surface area contributed by atoms with Gasteiger partial charge < -0.3 is 15.4 Å². The zero-order chi connectivity index (χ0) is 18.4. The predicted octanol–water partition coefficient (Wildman–Crippen LogP) is 3.43. The van der Waals surface area contributed by atoms with E-state index >= 15 is 0 Å². The summed E-state index contributed by atoms with van der Waals surface area (Å²) < 4.78 is 18.9.